The summed E-state index contributed by atoms with van der Waals surface area (Å²) in [6.07, 6.45) is 3.52. The molecule has 0 atom stereocenters. The molecule has 2 rings (SSSR count). The molecular formula is C12H15NO4S2. The van der Waals surface area contributed by atoms with Gasteiger partial charge in [0.25, 0.3) is 10.0 Å². The molecule has 0 aliphatic rings. The van der Waals surface area contributed by atoms with E-state index in [2.05, 4.69) is 0 Å². The van der Waals surface area contributed by atoms with Gasteiger partial charge in [0.15, 0.2) is 0 Å². The van der Waals surface area contributed by atoms with Gasteiger partial charge in [0.1, 0.15) is 4.21 Å². The van der Waals surface area contributed by atoms with E-state index in [0.29, 0.717) is 10.6 Å². The first kappa shape index (κ1) is 14.3. The van der Waals surface area contributed by atoms with E-state index in [0.717, 1.165) is 10.4 Å². The number of thiophene rings is 1. The van der Waals surface area contributed by atoms with Crippen LogP contribution in [0, 0.1) is 0 Å². The lowest BCUT2D eigenvalue weighted by atomic mass is 10.3. The van der Waals surface area contributed by atoms with Gasteiger partial charge in [0, 0.05) is 37.1 Å². The van der Waals surface area contributed by atoms with Crippen molar-refractivity contribution in [3.63, 3.8) is 0 Å². The molecular weight excluding hydrogens is 286 g/mol. The Labute approximate surface area is 116 Å². The Morgan fingerprint density at radius 3 is 2.79 bits per heavy atom. The average molecular weight is 301 g/mol. The van der Waals surface area contributed by atoms with E-state index in [1.807, 2.05) is 0 Å². The smallest absolute Gasteiger partial charge is 0.252 e. The van der Waals surface area contributed by atoms with Crippen molar-refractivity contribution in [2.45, 2.75) is 17.2 Å². The van der Waals surface area contributed by atoms with Gasteiger partial charge < -0.3 is 9.52 Å². The maximum atomic E-state index is 12.3. The van der Waals surface area contributed by atoms with Crippen molar-refractivity contribution in [3.05, 3.63) is 41.2 Å². The van der Waals surface area contributed by atoms with Crippen molar-refractivity contribution < 1.29 is 17.9 Å². The zero-order valence-corrected chi connectivity index (χ0v) is 12.1. The molecule has 0 radical (unpaired) electrons. The number of hydrogen-bond acceptors (Lipinski definition) is 5. The Kier molecular flexibility index (Phi) is 4.41. The molecule has 0 aliphatic carbocycles. The summed E-state index contributed by atoms with van der Waals surface area (Å²) < 4.78 is 31.1. The summed E-state index contributed by atoms with van der Waals surface area (Å²) in [5.74, 6) is 0. The van der Waals surface area contributed by atoms with Gasteiger partial charge >= 0.3 is 0 Å². The molecule has 0 amide bonds. The molecule has 19 heavy (non-hydrogen) atoms. The summed E-state index contributed by atoms with van der Waals surface area (Å²) >= 11 is 1.19. The van der Waals surface area contributed by atoms with E-state index in [4.69, 9.17) is 9.52 Å². The van der Waals surface area contributed by atoms with E-state index in [-0.39, 0.29) is 13.2 Å². The molecule has 2 heterocycles. The van der Waals surface area contributed by atoms with E-state index in [1.165, 1.54) is 35.2 Å². The fraction of sp³-hybridized carbons (Fsp3) is 0.333. The molecule has 0 fully saturated rings. The molecule has 7 heteroatoms. The number of hydrogen-bond donors (Lipinski definition) is 1. The second kappa shape index (κ2) is 5.87. The highest BCUT2D eigenvalue weighted by molar-refractivity contribution is 7.91. The van der Waals surface area contributed by atoms with E-state index < -0.39 is 10.0 Å². The van der Waals surface area contributed by atoms with Crippen LogP contribution in [-0.2, 0) is 23.0 Å². The third-order valence-corrected chi connectivity index (χ3v) is 6.06. The molecule has 0 aliphatic heterocycles. The quantitative estimate of drug-likeness (QED) is 0.881. The van der Waals surface area contributed by atoms with Crippen LogP contribution in [0.2, 0.25) is 0 Å². The van der Waals surface area contributed by atoms with E-state index in [9.17, 15) is 8.42 Å². The largest absolute Gasteiger partial charge is 0.472 e. The maximum absolute atomic E-state index is 12.3. The van der Waals surface area contributed by atoms with Crippen LogP contribution >= 0.6 is 11.3 Å². The minimum absolute atomic E-state index is 0.0187. The fourth-order valence-electron chi connectivity index (χ4n) is 1.62. The lowest BCUT2D eigenvalue weighted by Crippen LogP contribution is -2.25. The standard InChI is InChI=1S/C12H15NO4S2/c1-13(8-10-5-7-17-9-10)19(15,16)12-3-2-11(18-12)4-6-14/h2-3,5,7,9,14H,4,6,8H2,1H3. The summed E-state index contributed by atoms with van der Waals surface area (Å²) in [5, 5.41) is 8.85. The predicted molar refractivity (Wildman–Crippen MR) is 72.5 cm³/mol. The monoisotopic (exact) mass is 301 g/mol. The number of sulfonamides is 1. The molecule has 0 unspecified atom stereocenters. The maximum Gasteiger partial charge on any atom is 0.252 e. The van der Waals surface area contributed by atoms with Gasteiger partial charge in [-0.05, 0) is 18.2 Å². The lowest BCUT2D eigenvalue weighted by Gasteiger charge is -2.14. The number of rotatable bonds is 6. The minimum Gasteiger partial charge on any atom is -0.472 e. The number of aliphatic hydroxyl groups excluding tert-OH is 1. The molecule has 0 aromatic carbocycles. The predicted octanol–water partition coefficient (Wildman–Crippen LogP) is 1.70. The van der Waals surface area contributed by atoms with Crippen LogP contribution in [0.25, 0.3) is 0 Å². The Morgan fingerprint density at radius 2 is 2.16 bits per heavy atom. The van der Waals surface area contributed by atoms with Crippen LogP contribution < -0.4 is 0 Å². The highest BCUT2D eigenvalue weighted by atomic mass is 32.2. The van der Waals surface area contributed by atoms with Crippen molar-refractivity contribution in [2.24, 2.45) is 0 Å². The first-order valence-corrected chi connectivity index (χ1v) is 7.96. The molecule has 2 aromatic rings. The van der Waals surface area contributed by atoms with Crippen molar-refractivity contribution >= 4 is 21.4 Å². The third-order valence-electron chi connectivity index (χ3n) is 2.65. The lowest BCUT2D eigenvalue weighted by molar-refractivity contribution is 0.300. The molecule has 0 saturated carbocycles. The SMILES string of the molecule is CN(Cc1ccoc1)S(=O)(=O)c1ccc(CCO)s1. The average Bonchev–Trinajstić information content (AvgIpc) is 3.00. The second-order valence-electron chi connectivity index (χ2n) is 4.09. The Morgan fingerprint density at radius 1 is 1.37 bits per heavy atom. The molecule has 5 nitrogen and oxygen atoms in total. The summed E-state index contributed by atoms with van der Waals surface area (Å²) in [5.41, 5.74) is 0.804. The van der Waals surface area contributed by atoms with Crippen molar-refractivity contribution in [1.82, 2.24) is 4.31 Å². The van der Waals surface area contributed by atoms with Gasteiger partial charge in [0.05, 0.1) is 12.5 Å². The molecule has 0 spiro atoms. The number of aliphatic hydroxyl groups is 1. The Hall–Kier alpha value is -1.15. The summed E-state index contributed by atoms with van der Waals surface area (Å²) in [4.78, 5) is 0.859. The Balaban J connectivity index is 2.16. The number of furan rings is 1. The topological polar surface area (TPSA) is 70.8 Å². The first-order valence-electron chi connectivity index (χ1n) is 5.71. The second-order valence-corrected chi connectivity index (χ2v) is 7.53. The van der Waals surface area contributed by atoms with Gasteiger partial charge in [0.2, 0.25) is 0 Å². The van der Waals surface area contributed by atoms with Crippen molar-refractivity contribution in [2.75, 3.05) is 13.7 Å². The molecule has 0 bridgehead atoms. The van der Waals surface area contributed by atoms with Crippen LogP contribution in [0.5, 0.6) is 0 Å². The Bertz CT molecular complexity index is 616. The van der Waals surface area contributed by atoms with Crippen LogP contribution in [0.3, 0.4) is 0 Å². The van der Waals surface area contributed by atoms with Gasteiger partial charge in [-0.3, -0.25) is 0 Å². The highest BCUT2D eigenvalue weighted by Gasteiger charge is 2.23. The van der Waals surface area contributed by atoms with E-state index >= 15 is 0 Å². The normalized spacial score (nSPS) is 12.2. The third kappa shape index (κ3) is 3.24. The first-order chi connectivity index (χ1) is 9.04. The van der Waals surface area contributed by atoms with Gasteiger partial charge in [-0.25, -0.2) is 8.42 Å². The molecule has 2 aromatic heterocycles. The van der Waals surface area contributed by atoms with Gasteiger partial charge in [-0.1, -0.05) is 0 Å². The summed E-state index contributed by atoms with van der Waals surface area (Å²) in [7, 11) is -1.95. The number of nitrogens with zero attached hydrogens (tertiary/aromatic N) is 1. The van der Waals surface area contributed by atoms with Gasteiger partial charge in [-0.15, -0.1) is 11.3 Å². The molecule has 104 valence electrons. The summed E-state index contributed by atoms with van der Waals surface area (Å²) in [6, 6.07) is 5.05. The van der Waals surface area contributed by atoms with Crippen molar-refractivity contribution in [3.8, 4) is 0 Å². The van der Waals surface area contributed by atoms with Crippen LogP contribution in [0.4, 0.5) is 0 Å². The highest BCUT2D eigenvalue weighted by Crippen LogP contribution is 2.25. The fourth-order valence-corrected chi connectivity index (χ4v) is 4.33. The minimum atomic E-state index is -3.48. The zero-order chi connectivity index (χ0) is 13.9. The van der Waals surface area contributed by atoms with Crippen molar-refractivity contribution in [1.29, 1.82) is 0 Å². The molecule has 0 saturated heterocycles. The molecule has 1 N–H and O–H groups in total. The van der Waals surface area contributed by atoms with Crippen LogP contribution in [0.1, 0.15) is 10.4 Å². The summed E-state index contributed by atoms with van der Waals surface area (Å²) in [6.45, 7) is 0.289. The van der Waals surface area contributed by atoms with Gasteiger partial charge in [-0.2, -0.15) is 4.31 Å². The van der Waals surface area contributed by atoms with Crippen LogP contribution in [0.15, 0.2) is 39.4 Å². The van der Waals surface area contributed by atoms with E-state index in [1.54, 1.807) is 18.2 Å². The zero-order valence-electron chi connectivity index (χ0n) is 10.4. The van der Waals surface area contributed by atoms with Crippen LogP contribution in [-0.4, -0.2) is 31.5 Å².